The van der Waals surface area contributed by atoms with E-state index in [0.29, 0.717) is 11.5 Å². The third-order valence-electron chi connectivity index (χ3n) is 9.82. The first-order valence-electron chi connectivity index (χ1n) is 18.5. The fraction of sp³-hybridized carbons (Fsp3) is 0.279. The number of aromatic amines is 1. The number of fused-ring (bicyclic) bond motifs is 1. The number of rotatable bonds is 17. The van der Waals surface area contributed by atoms with Gasteiger partial charge in [-0.25, -0.2) is 4.98 Å². The molecule has 0 radical (unpaired) electrons. The predicted molar refractivity (Wildman–Crippen MR) is 211 cm³/mol. The van der Waals surface area contributed by atoms with Gasteiger partial charge in [0.1, 0.15) is 42.2 Å². The maximum atomic E-state index is 13.2. The van der Waals surface area contributed by atoms with E-state index in [1.807, 2.05) is 115 Å². The fourth-order valence-corrected chi connectivity index (χ4v) is 7.00. The molecule has 15 nitrogen and oxygen atoms in total. The van der Waals surface area contributed by atoms with Gasteiger partial charge in [0, 0.05) is 0 Å². The summed E-state index contributed by atoms with van der Waals surface area (Å²) in [6.07, 6.45) is -2.93. The van der Waals surface area contributed by atoms with Gasteiger partial charge in [0.25, 0.3) is 5.56 Å². The molecule has 298 valence electrons. The summed E-state index contributed by atoms with van der Waals surface area (Å²) in [5.41, 5.74) is 1.36. The van der Waals surface area contributed by atoms with E-state index in [1.165, 1.54) is 10.9 Å². The molecule has 58 heavy (non-hydrogen) atoms. The smallest absolute Gasteiger partial charge is 0.280 e. The minimum absolute atomic E-state index is 0.0315. The Labute approximate surface area is 333 Å². The number of hydrogen-bond donors (Lipinski definition) is 3. The predicted octanol–water partition coefficient (Wildman–Crippen LogP) is 4.86. The third-order valence-corrected chi connectivity index (χ3v) is 9.82. The SMILES string of the molecule is COc1ccc(C(OC[C@H]2O[C@@H](n3cnc4c(=O)[nH]c(NC(=O)Cc5ccccc5)nc43)[C@H](O)[C@@H]2OCOCCC#N)(c2ccccc2)c2ccc(OC)cc2)cc1. The van der Waals surface area contributed by atoms with Crippen LogP contribution in [-0.2, 0) is 35.8 Å². The number of aliphatic hydroxyl groups is 1. The van der Waals surface area contributed by atoms with Gasteiger partial charge in [-0.05, 0) is 46.5 Å². The normalized spacial score (nSPS) is 17.8. The van der Waals surface area contributed by atoms with Gasteiger partial charge in [-0.3, -0.25) is 24.5 Å². The topological polar surface area (TPSA) is 192 Å². The third kappa shape index (κ3) is 8.47. The number of imidazole rings is 1. The number of amides is 1. The molecule has 1 aliphatic heterocycles. The lowest BCUT2D eigenvalue weighted by Crippen LogP contribution is -2.41. The first-order chi connectivity index (χ1) is 28.3. The standard InChI is InChI=1S/C43H42N6O9/c1-53-32-18-14-30(15-19-32)43(29-12-7-4-8-13-29,31-16-20-33(54-2)21-17-31)57-25-34-38(56-27-55-23-9-22-44)37(51)41(58-34)49-26-45-36-39(49)47-42(48-40(36)52)46-35(50)24-28-10-5-3-6-11-28/h3-8,10-21,26,34,37-38,41,51H,9,23-25,27H2,1-2H3,(H2,46,47,48,50,52)/t34-,37-,38-,41-/m1/s1. The molecule has 1 saturated heterocycles. The van der Waals surface area contributed by atoms with Crippen molar-refractivity contribution in [2.24, 2.45) is 0 Å². The summed E-state index contributed by atoms with van der Waals surface area (Å²) in [7, 11) is 3.20. The van der Waals surface area contributed by atoms with Gasteiger partial charge in [-0.1, -0.05) is 84.9 Å². The highest BCUT2D eigenvalue weighted by atomic mass is 16.7. The highest BCUT2D eigenvalue weighted by Gasteiger charge is 2.48. The van der Waals surface area contributed by atoms with Crippen LogP contribution in [0.3, 0.4) is 0 Å². The van der Waals surface area contributed by atoms with Crippen molar-refractivity contribution >= 4 is 23.0 Å². The van der Waals surface area contributed by atoms with Crippen LogP contribution in [0.25, 0.3) is 11.2 Å². The highest BCUT2D eigenvalue weighted by Crippen LogP contribution is 2.43. The average molecular weight is 787 g/mol. The molecule has 1 fully saturated rings. The molecule has 0 bridgehead atoms. The average Bonchev–Trinajstić information content (AvgIpc) is 3.82. The number of nitriles is 1. The van der Waals surface area contributed by atoms with Crippen molar-refractivity contribution in [3.63, 3.8) is 0 Å². The molecule has 6 aromatic rings. The molecule has 2 aromatic heterocycles. The lowest BCUT2D eigenvalue weighted by Gasteiger charge is -2.37. The Kier molecular flexibility index (Phi) is 12.5. The molecule has 3 heterocycles. The molecule has 1 aliphatic rings. The van der Waals surface area contributed by atoms with Crippen LogP contribution in [0, 0.1) is 11.3 Å². The Morgan fingerprint density at radius 2 is 1.55 bits per heavy atom. The molecule has 0 aliphatic carbocycles. The first-order valence-corrected chi connectivity index (χ1v) is 18.5. The molecule has 4 atom stereocenters. The molecular formula is C43H42N6O9. The maximum absolute atomic E-state index is 13.2. The quantitative estimate of drug-likeness (QED) is 0.0648. The van der Waals surface area contributed by atoms with Gasteiger partial charge < -0.3 is 33.5 Å². The minimum Gasteiger partial charge on any atom is -0.497 e. The second-order valence-corrected chi connectivity index (χ2v) is 13.4. The zero-order valence-electron chi connectivity index (χ0n) is 31.8. The number of nitrogens with one attached hydrogen (secondary N) is 2. The lowest BCUT2D eigenvalue weighted by atomic mass is 9.80. The van der Waals surface area contributed by atoms with Gasteiger partial charge in [0.05, 0.1) is 52.7 Å². The number of benzene rings is 4. The molecular weight excluding hydrogens is 745 g/mol. The highest BCUT2D eigenvalue weighted by molar-refractivity contribution is 5.91. The Morgan fingerprint density at radius 1 is 0.931 bits per heavy atom. The van der Waals surface area contributed by atoms with E-state index >= 15 is 0 Å². The molecule has 0 saturated carbocycles. The number of hydrogen-bond acceptors (Lipinski definition) is 12. The van der Waals surface area contributed by atoms with Crippen molar-refractivity contribution in [1.29, 1.82) is 5.26 Å². The summed E-state index contributed by atoms with van der Waals surface area (Å²) in [5, 5.41) is 23.6. The van der Waals surface area contributed by atoms with Crippen molar-refractivity contribution in [2.75, 3.05) is 39.5 Å². The molecule has 4 aromatic carbocycles. The summed E-state index contributed by atoms with van der Waals surface area (Å²) in [5.74, 6) is 0.830. The van der Waals surface area contributed by atoms with Crippen LogP contribution in [0.2, 0.25) is 0 Å². The zero-order valence-corrected chi connectivity index (χ0v) is 31.8. The Morgan fingerprint density at radius 3 is 2.17 bits per heavy atom. The number of aliphatic hydroxyl groups excluding tert-OH is 1. The van der Waals surface area contributed by atoms with E-state index in [2.05, 4.69) is 20.3 Å². The number of ether oxygens (including phenoxy) is 6. The number of anilines is 1. The number of nitrogens with zero attached hydrogens (tertiary/aromatic N) is 4. The van der Waals surface area contributed by atoms with Crippen molar-refractivity contribution in [1.82, 2.24) is 19.5 Å². The van der Waals surface area contributed by atoms with E-state index in [9.17, 15) is 14.7 Å². The van der Waals surface area contributed by atoms with Gasteiger partial charge in [0.15, 0.2) is 17.4 Å². The maximum Gasteiger partial charge on any atom is 0.280 e. The van der Waals surface area contributed by atoms with Crippen molar-refractivity contribution in [3.05, 3.63) is 148 Å². The molecule has 0 unspecified atom stereocenters. The molecule has 0 spiro atoms. The second-order valence-electron chi connectivity index (χ2n) is 13.4. The number of H-pyrrole nitrogens is 1. The van der Waals surface area contributed by atoms with E-state index in [0.717, 1.165) is 22.3 Å². The molecule has 7 rings (SSSR count). The molecule has 1 amide bonds. The van der Waals surface area contributed by atoms with Gasteiger partial charge in [-0.15, -0.1) is 0 Å². The van der Waals surface area contributed by atoms with Crippen LogP contribution in [-0.4, -0.2) is 83.1 Å². The van der Waals surface area contributed by atoms with E-state index < -0.39 is 41.6 Å². The number of carbonyl (C=O) groups is 1. The monoisotopic (exact) mass is 786 g/mol. The van der Waals surface area contributed by atoms with Crippen LogP contribution in [0.15, 0.2) is 120 Å². The van der Waals surface area contributed by atoms with E-state index in [4.69, 9.17) is 33.7 Å². The summed E-state index contributed by atoms with van der Waals surface area (Å²) in [6, 6.07) is 36.0. The summed E-state index contributed by atoms with van der Waals surface area (Å²) in [6.45, 7) is -0.254. The Hall–Kier alpha value is -6.41. The van der Waals surface area contributed by atoms with Crippen LogP contribution in [0.5, 0.6) is 11.5 Å². The van der Waals surface area contributed by atoms with Gasteiger partial charge in [-0.2, -0.15) is 10.2 Å². The largest absolute Gasteiger partial charge is 0.497 e. The van der Waals surface area contributed by atoms with Crippen molar-refractivity contribution in [3.8, 4) is 17.6 Å². The summed E-state index contributed by atoms with van der Waals surface area (Å²) >= 11 is 0. The Balaban J connectivity index is 1.23. The number of methoxy groups -OCH3 is 2. The van der Waals surface area contributed by atoms with Crippen LogP contribution in [0.1, 0.15) is 34.9 Å². The summed E-state index contributed by atoms with van der Waals surface area (Å²) < 4.78 is 37.7. The second kappa shape index (κ2) is 18.2. The zero-order chi connectivity index (χ0) is 40.5. The Bertz CT molecular complexity index is 2330. The summed E-state index contributed by atoms with van der Waals surface area (Å²) in [4.78, 5) is 37.4. The first kappa shape index (κ1) is 39.8. The van der Waals surface area contributed by atoms with Crippen LogP contribution < -0.4 is 20.3 Å². The van der Waals surface area contributed by atoms with Crippen LogP contribution >= 0.6 is 0 Å². The van der Waals surface area contributed by atoms with Crippen molar-refractivity contribution in [2.45, 2.75) is 43.0 Å². The fourth-order valence-electron chi connectivity index (χ4n) is 7.00. The lowest BCUT2D eigenvalue weighted by molar-refractivity contribution is -0.142. The van der Waals surface area contributed by atoms with Crippen LogP contribution in [0.4, 0.5) is 5.95 Å². The van der Waals surface area contributed by atoms with Gasteiger partial charge in [0.2, 0.25) is 11.9 Å². The number of aromatic nitrogens is 4. The van der Waals surface area contributed by atoms with E-state index in [-0.39, 0.29) is 50.0 Å². The van der Waals surface area contributed by atoms with Gasteiger partial charge >= 0.3 is 0 Å². The van der Waals surface area contributed by atoms with Crippen molar-refractivity contribution < 1.29 is 38.3 Å². The van der Waals surface area contributed by atoms with E-state index in [1.54, 1.807) is 14.2 Å². The number of carbonyl (C=O) groups excluding carboxylic acids is 1. The molecule has 3 N–H and O–H groups in total. The molecule has 15 heteroatoms. The minimum atomic E-state index is -1.35.